The average molecular weight is 517 g/mol. The van der Waals surface area contributed by atoms with E-state index in [4.69, 9.17) is 17.2 Å². The summed E-state index contributed by atoms with van der Waals surface area (Å²) in [4.78, 5) is 4.32. The smallest absolute Gasteiger partial charge is 0.344 e. The standard InChI is InChI=1S/C26H25N7.BrH/c1-15-12-24(33(3)26(29)30-15)31-19-9-11-20-21-10-8-18(28)13-23(21)32(2)25(22(20)14-19)16-4-6-17(27)7-5-16;/h4-14H,1-3H3,(H5,27,28,29,30,31);1H/p+1. The van der Waals surface area contributed by atoms with Gasteiger partial charge < -0.3 is 34.2 Å². The lowest BCUT2D eigenvalue weighted by molar-refractivity contribution is -0.644. The molecule has 0 bridgehead atoms. The van der Waals surface area contributed by atoms with Crippen LogP contribution in [0.25, 0.3) is 32.9 Å². The van der Waals surface area contributed by atoms with Crippen molar-refractivity contribution in [2.75, 3.05) is 22.5 Å². The van der Waals surface area contributed by atoms with Gasteiger partial charge in [-0.3, -0.25) is 5.32 Å². The number of nitrogen functional groups attached to an aromatic ring is 3. The quantitative estimate of drug-likeness (QED) is 0.158. The van der Waals surface area contributed by atoms with Crippen molar-refractivity contribution >= 4 is 50.5 Å². The summed E-state index contributed by atoms with van der Waals surface area (Å²) < 4.78 is 4.03. The molecule has 0 aliphatic rings. The van der Waals surface area contributed by atoms with Crippen LogP contribution < -0.4 is 48.6 Å². The van der Waals surface area contributed by atoms with Crippen LogP contribution in [0, 0.1) is 6.92 Å². The van der Waals surface area contributed by atoms with E-state index in [0.717, 1.165) is 61.5 Å². The highest BCUT2D eigenvalue weighted by atomic mass is 79.9. The van der Waals surface area contributed by atoms with Gasteiger partial charge in [0.05, 0.1) is 23.5 Å². The van der Waals surface area contributed by atoms with Crippen molar-refractivity contribution in [1.29, 1.82) is 0 Å². The number of aromatic nitrogens is 3. The van der Waals surface area contributed by atoms with E-state index < -0.39 is 0 Å². The van der Waals surface area contributed by atoms with Crippen molar-refractivity contribution in [3.8, 4) is 11.3 Å². The van der Waals surface area contributed by atoms with Crippen LogP contribution in [-0.2, 0) is 14.1 Å². The molecule has 5 rings (SSSR count). The summed E-state index contributed by atoms with van der Waals surface area (Å²) in [7, 11) is 3.96. The zero-order chi connectivity index (χ0) is 23.3. The number of nitrogens with two attached hydrogens (primary N) is 3. The van der Waals surface area contributed by atoms with Gasteiger partial charge in [-0.1, -0.05) is 6.07 Å². The zero-order valence-corrected chi connectivity index (χ0v) is 20.9. The van der Waals surface area contributed by atoms with E-state index in [1.807, 2.05) is 48.9 Å². The van der Waals surface area contributed by atoms with Gasteiger partial charge in [0, 0.05) is 34.5 Å². The van der Waals surface area contributed by atoms with Crippen LogP contribution in [0.1, 0.15) is 5.69 Å². The minimum Gasteiger partial charge on any atom is -1.00 e. The minimum atomic E-state index is 0. The number of benzene rings is 3. The maximum Gasteiger partial charge on any atom is 0.344 e. The van der Waals surface area contributed by atoms with Gasteiger partial charge in [-0.2, -0.15) is 4.57 Å². The number of pyridine rings is 1. The van der Waals surface area contributed by atoms with Gasteiger partial charge in [0.2, 0.25) is 17.0 Å². The first-order valence-electron chi connectivity index (χ1n) is 10.7. The van der Waals surface area contributed by atoms with Crippen molar-refractivity contribution in [3.63, 3.8) is 0 Å². The maximum atomic E-state index is 6.14. The second-order valence-corrected chi connectivity index (χ2v) is 8.39. The topological polar surface area (TPSA) is 111 Å². The molecule has 3 aromatic carbocycles. The van der Waals surface area contributed by atoms with Crippen LogP contribution in [-0.4, -0.2) is 4.98 Å². The van der Waals surface area contributed by atoms with Crippen molar-refractivity contribution in [1.82, 2.24) is 4.98 Å². The summed E-state index contributed by atoms with van der Waals surface area (Å²) in [5, 5.41) is 6.91. The number of nitrogens with zero attached hydrogens (tertiary/aromatic N) is 3. The fraction of sp³-hybridized carbons (Fsp3) is 0.115. The summed E-state index contributed by atoms with van der Waals surface area (Å²) in [5.74, 6) is 1.32. The predicted molar refractivity (Wildman–Crippen MR) is 135 cm³/mol. The van der Waals surface area contributed by atoms with Gasteiger partial charge in [0.15, 0.2) is 0 Å². The lowest BCUT2D eigenvalue weighted by Gasteiger charge is -2.12. The van der Waals surface area contributed by atoms with Crippen LogP contribution in [0.15, 0.2) is 66.7 Å². The lowest BCUT2D eigenvalue weighted by atomic mass is 9.98. The molecule has 8 heteroatoms. The molecule has 0 saturated carbocycles. The SMILES string of the molecule is Cc1cc(Nc2ccc3c(c2)c(-c2ccc(N)cc2)[n+](C)c2cc(N)ccc32)[n+](C)c(N)n1.[Br-]. The molecule has 2 aromatic heterocycles. The third-order valence-corrected chi connectivity index (χ3v) is 6.08. The molecule has 7 N–H and O–H groups in total. The molecule has 0 radical (unpaired) electrons. The number of rotatable bonds is 3. The Bertz CT molecular complexity index is 1550. The van der Waals surface area contributed by atoms with Gasteiger partial charge in [-0.05, 0) is 55.5 Å². The Hall–Kier alpha value is -3.91. The fourth-order valence-electron chi connectivity index (χ4n) is 4.37. The van der Waals surface area contributed by atoms with E-state index in [1.165, 1.54) is 0 Å². The van der Waals surface area contributed by atoms with Crippen LogP contribution in [0.2, 0.25) is 0 Å². The van der Waals surface area contributed by atoms with Crippen LogP contribution >= 0.6 is 0 Å². The van der Waals surface area contributed by atoms with Gasteiger partial charge in [-0.15, -0.1) is 4.98 Å². The Labute approximate surface area is 208 Å². The normalized spacial score (nSPS) is 10.9. The Morgan fingerprint density at radius 3 is 2.15 bits per heavy atom. The molecule has 2 heterocycles. The monoisotopic (exact) mass is 516 g/mol. The highest BCUT2D eigenvalue weighted by Gasteiger charge is 2.22. The largest absolute Gasteiger partial charge is 1.00 e. The molecule has 0 saturated heterocycles. The zero-order valence-electron chi connectivity index (χ0n) is 19.3. The van der Waals surface area contributed by atoms with Gasteiger partial charge in [0.1, 0.15) is 12.7 Å². The molecule has 0 spiro atoms. The molecule has 0 aliphatic heterocycles. The molecule has 0 amide bonds. The first-order valence-corrected chi connectivity index (χ1v) is 10.7. The predicted octanol–water partition coefficient (Wildman–Crippen LogP) is 0.507. The van der Waals surface area contributed by atoms with E-state index in [1.54, 1.807) is 0 Å². The second-order valence-electron chi connectivity index (χ2n) is 8.39. The number of nitrogens with one attached hydrogen (secondary N) is 1. The Kier molecular flexibility index (Phi) is 6.01. The summed E-state index contributed by atoms with van der Waals surface area (Å²) in [5.41, 5.74) is 24.7. The van der Waals surface area contributed by atoms with Crippen molar-refractivity contribution < 1.29 is 26.1 Å². The van der Waals surface area contributed by atoms with Gasteiger partial charge in [-0.25, -0.2) is 4.57 Å². The molecule has 0 unspecified atom stereocenters. The Balaban J connectivity index is 0.00000274. The third kappa shape index (κ3) is 3.97. The van der Waals surface area contributed by atoms with Crippen LogP contribution in [0.3, 0.4) is 0 Å². The van der Waals surface area contributed by atoms with Crippen LogP contribution in [0.5, 0.6) is 0 Å². The number of hydrogen-bond donors (Lipinski definition) is 4. The summed E-state index contributed by atoms with van der Waals surface area (Å²) in [6.45, 7) is 1.93. The van der Waals surface area contributed by atoms with E-state index in [2.05, 4.69) is 58.3 Å². The molecule has 7 nitrogen and oxygen atoms in total. The molecule has 0 fully saturated rings. The minimum absolute atomic E-state index is 0. The van der Waals surface area contributed by atoms with Gasteiger partial charge >= 0.3 is 5.95 Å². The molecule has 0 atom stereocenters. The number of fused-ring (bicyclic) bond motifs is 3. The summed E-state index contributed by atoms with van der Waals surface area (Å²) in [6.07, 6.45) is 0. The van der Waals surface area contributed by atoms with E-state index in [-0.39, 0.29) is 17.0 Å². The first kappa shape index (κ1) is 23.3. The van der Waals surface area contributed by atoms with Gasteiger partial charge in [0.25, 0.3) is 0 Å². The second kappa shape index (κ2) is 8.79. The first-order chi connectivity index (χ1) is 15.8. The lowest BCUT2D eigenvalue weighted by Crippen LogP contribution is -3.00. The van der Waals surface area contributed by atoms with Crippen molar-refractivity contribution in [2.24, 2.45) is 14.1 Å². The van der Waals surface area contributed by atoms with E-state index >= 15 is 0 Å². The fourth-order valence-corrected chi connectivity index (χ4v) is 4.37. The highest BCUT2D eigenvalue weighted by molar-refractivity contribution is 6.10. The van der Waals surface area contributed by atoms with Crippen molar-refractivity contribution in [2.45, 2.75) is 6.92 Å². The Morgan fingerprint density at radius 2 is 1.41 bits per heavy atom. The van der Waals surface area contributed by atoms with E-state index in [0.29, 0.717) is 5.95 Å². The van der Waals surface area contributed by atoms with Crippen molar-refractivity contribution in [3.05, 3.63) is 72.4 Å². The molecular formula is C26H27BrN7+. The molecule has 5 aromatic rings. The van der Waals surface area contributed by atoms with E-state index in [9.17, 15) is 0 Å². The highest BCUT2D eigenvalue weighted by Crippen LogP contribution is 2.34. The summed E-state index contributed by atoms with van der Waals surface area (Å²) in [6, 6.07) is 22.4. The number of halogens is 1. The molecule has 34 heavy (non-hydrogen) atoms. The molecular weight excluding hydrogens is 490 g/mol. The number of hydrogen-bond acceptors (Lipinski definition) is 5. The molecule has 172 valence electrons. The molecule has 0 aliphatic carbocycles. The maximum absolute atomic E-state index is 6.14. The average Bonchev–Trinajstić information content (AvgIpc) is 2.78. The Morgan fingerprint density at radius 1 is 0.735 bits per heavy atom. The summed E-state index contributed by atoms with van der Waals surface area (Å²) >= 11 is 0. The van der Waals surface area contributed by atoms with Crippen LogP contribution in [0.4, 0.5) is 28.8 Å². The third-order valence-electron chi connectivity index (χ3n) is 6.08. The number of aryl methyl sites for hydroxylation is 2. The number of anilines is 5.